The number of carboxylic acids is 1. The zero-order valence-electron chi connectivity index (χ0n) is 12.0. The van der Waals surface area contributed by atoms with Crippen molar-refractivity contribution in [2.75, 3.05) is 0 Å². The molecule has 0 aliphatic carbocycles. The lowest BCUT2D eigenvalue weighted by molar-refractivity contribution is -0.124. The number of hydrogen-bond donors (Lipinski definition) is 3. The molecule has 0 aromatic heterocycles. The van der Waals surface area contributed by atoms with Crippen LogP contribution in [0.5, 0.6) is 5.75 Å². The predicted octanol–water partition coefficient (Wildman–Crippen LogP) is 0.193. The van der Waals surface area contributed by atoms with Crippen molar-refractivity contribution in [3.63, 3.8) is 0 Å². The maximum Gasteiger partial charge on any atom is 0.547 e. The van der Waals surface area contributed by atoms with E-state index in [9.17, 15) is 19.4 Å². The Morgan fingerprint density at radius 3 is 2.73 bits per heavy atom. The fourth-order valence-electron chi connectivity index (χ4n) is 2.28. The number of Topliss-reactive ketones (excluding diaryl/α,β-unsaturated/α-hetero) is 1. The summed E-state index contributed by atoms with van der Waals surface area (Å²) in [5.74, 6) is -2.16. The molecular formula is C14H16BNO6. The lowest BCUT2D eigenvalue weighted by atomic mass is 9.72. The van der Waals surface area contributed by atoms with E-state index in [1.807, 2.05) is 0 Å². The number of para-hydroxylation sites is 1. The molecule has 116 valence electrons. The van der Waals surface area contributed by atoms with E-state index in [1.165, 1.54) is 13.0 Å². The van der Waals surface area contributed by atoms with Crippen molar-refractivity contribution in [3.05, 3.63) is 29.3 Å². The average Bonchev–Trinajstić information content (AvgIpc) is 2.45. The molecular weight excluding hydrogens is 289 g/mol. The van der Waals surface area contributed by atoms with Crippen LogP contribution in [-0.2, 0) is 16.0 Å². The number of ketones is 1. The normalized spacial score (nSPS) is 16.5. The van der Waals surface area contributed by atoms with Crippen LogP contribution in [0.3, 0.4) is 0 Å². The second kappa shape index (κ2) is 6.61. The third-order valence-corrected chi connectivity index (χ3v) is 3.40. The summed E-state index contributed by atoms with van der Waals surface area (Å²) in [7, 11) is -1.34. The molecule has 0 saturated carbocycles. The number of hydrogen-bond acceptors (Lipinski definition) is 5. The number of carboxylic acid groups (broad SMARTS) is 1. The molecule has 1 unspecified atom stereocenters. The van der Waals surface area contributed by atoms with Crippen LogP contribution in [0.1, 0.15) is 35.7 Å². The van der Waals surface area contributed by atoms with Gasteiger partial charge in [0.1, 0.15) is 11.5 Å². The van der Waals surface area contributed by atoms with Crippen molar-refractivity contribution >= 4 is 24.8 Å². The lowest BCUT2D eigenvalue weighted by Gasteiger charge is -2.28. The van der Waals surface area contributed by atoms with Gasteiger partial charge in [0.05, 0.1) is 11.5 Å². The van der Waals surface area contributed by atoms with Gasteiger partial charge in [-0.15, -0.1) is 0 Å². The number of carbonyl (C=O) groups is 3. The molecule has 1 atom stereocenters. The van der Waals surface area contributed by atoms with Gasteiger partial charge in [-0.05, 0) is 25.0 Å². The van der Waals surface area contributed by atoms with Crippen LogP contribution in [0.4, 0.5) is 0 Å². The molecule has 7 nitrogen and oxygen atoms in total. The highest BCUT2D eigenvalue weighted by Crippen LogP contribution is 2.30. The van der Waals surface area contributed by atoms with Crippen LogP contribution in [0.25, 0.3) is 0 Å². The van der Waals surface area contributed by atoms with Gasteiger partial charge in [-0.3, -0.25) is 4.79 Å². The molecule has 1 amide bonds. The highest BCUT2D eigenvalue weighted by Gasteiger charge is 2.37. The molecule has 1 aromatic rings. The maximum absolute atomic E-state index is 11.7. The zero-order valence-corrected chi connectivity index (χ0v) is 12.0. The molecule has 0 spiro atoms. The minimum atomic E-state index is -1.34. The van der Waals surface area contributed by atoms with Gasteiger partial charge in [0.25, 0.3) is 0 Å². The highest BCUT2D eigenvalue weighted by molar-refractivity contribution is 6.47. The molecule has 8 heteroatoms. The van der Waals surface area contributed by atoms with Gasteiger partial charge >= 0.3 is 13.1 Å². The van der Waals surface area contributed by atoms with Crippen molar-refractivity contribution in [3.8, 4) is 5.75 Å². The first-order chi connectivity index (χ1) is 10.4. The summed E-state index contributed by atoms with van der Waals surface area (Å²) in [6.45, 7) is 1.40. The van der Waals surface area contributed by atoms with Crippen molar-refractivity contribution < 1.29 is 29.2 Å². The van der Waals surface area contributed by atoms with E-state index in [0.29, 0.717) is 5.56 Å². The Hall–Kier alpha value is -2.35. The first-order valence-corrected chi connectivity index (χ1v) is 6.87. The summed E-state index contributed by atoms with van der Waals surface area (Å²) in [6, 6.07) is 4.65. The van der Waals surface area contributed by atoms with E-state index in [0.717, 1.165) is 0 Å². The van der Waals surface area contributed by atoms with Crippen molar-refractivity contribution in [1.82, 2.24) is 5.32 Å². The summed E-state index contributed by atoms with van der Waals surface area (Å²) in [6.07, 6.45) is 0.430. The molecule has 1 aliphatic rings. The number of nitrogens with one attached hydrogen (secondary N) is 1. The predicted molar refractivity (Wildman–Crippen MR) is 77.6 cm³/mol. The minimum absolute atomic E-state index is 0.0297. The number of fused-ring (bicyclic) bond motifs is 1. The monoisotopic (exact) mass is 305 g/mol. The first-order valence-electron chi connectivity index (χ1n) is 6.87. The van der Waals surface area contributed by atoms with Crippen molar-refractivity contribution in [2.45, 2.75) is 32.1 Å². The highest BCUT2D eigenvalue weighted by atomic mass is 16.5. The number of aromatic carboxylic acids is 1. The van der Waals surface area contributed by atoms with Crippen LogP contribution >= 0.6 is 0 Å². The molecule has 2 rings (SSSR count). The standard InChI is InChI=1S/C14H16BNO6/c1-8(17)5-6-12(18)16-11-7-9-3-2-4-10(14(19)20)13(9)22-15(11)21/h2-4,11,21H,5-7H2,1H3,(H,16,18)(H,19,20). The number of benzene rings is 1. The van der Waals surface area contributed by atoms with Gasteiger partial charge in [-0.25, -0.2) is 4.79 Å². The molecule has 0 bridgehead atoms. The van der Waals surface area contributed by atoms with Gasteiger partial charge in [-0.1, -0.05) is 12.1 Å². The largest absolute Gasteiger partial charge is 0.547 e. The van der Waals surface area contributed by atoms with Gasteiger partial charge < -0.3 is 24.9 Å². The Bertz CT molecular complexity index is 617. The molecule has 1 aliphatic heterocycles. The summed E-state index contributed by atoms with van der Waals surface area (Å²) in [5, 5.41) is 21.6. The molecule has 22 heavy (non-hydrogen) atoms. The topological polar surface area (TPSA) is 113 Å². The Morgan fingerprint density at radius 1 is 1.36 bits per heavy atom. The van der Waals surface area contributed by atoms with E-state index in [1.54, 1.807) is 12.1 Å². The van der Waals surface area contributed by atoms with Crippen molar-refractivity contribution in [2.24, 2.45) is 0 Å². The fraction of sp³-hybridized carbons (Fsp3) is 0.357. The summed E-state index contributed by atoms with van der Waals surface area (Å²) < 4.78 is 5.26. The molecule has 0 radical (unpaired) electrons. The third kappa shape index (κ3) is 3.64. The van der Waals surface area contributed by atoms with Crippen LogP contribution in [0.2, 0.25) is 0 Å². The van der Waals surface area contributed by atoms with E-state index in [2.05, 4.69) is 5.32 Å². The summed E-state index contributed by atoms with van der Waals surface area (Å²) in [5.41, 5.74) is 0.569. The Labute approximate surface area is 127 Å². The molecule has 0 fully saturated rings. The first kappa shape index (κ1) is 16.0. The molecule has 1 aromatic carbocycles. The Balaban J connectivity index is 2.09. The Morgan fingerprint density at radius 2 is 2.09 bits per heavy atom. The van der Waals surface area contributed by atoms with Crippen LogP contribution in [0, 0.1) is 0 Å². The SMILES string of the molecule is CC(=O)CCC(=O)NC1Cc2cccc(C(=O)O)c2OB1O. The zero-order chi connectivity index (χ0) is 16.3. The number of rotatable bonds is 5. The van der Waals surface area contributed by atoms with Gasteiger partial charge in [0.2, 0.25) is 5.91 Å². The van der Waals surface area contributed by atoms with E-state index < -0.39 is 19.0 Å². The van der Waals surface area contributed by atoms with E-state index in [4.69, 9.17) is 9.76 Å². The summed E-state index contributed by atoms with van der Waals surface area (Å²) >= 11 is 0. The van der Waals surface area contributed by atoms with Crippen LogP contribution in [-0.4, -0.2) is 40.8 Å². The minimum Gasteiger partial charge on any atom is -0.534 e. The Kier molecular flexibility index (Phi) is 4.82. The average molecular weight is 305 g/mol. The molecule has 1 heterocycles. The second-order valence-electron chi connectivity index (χ2n) is 5.19. The summed E-state index contributed by atoms with van der Waals surface area (Å²) in [4.78, 5) is 33.7. The van der Waals surface area contributed by atoms with E-state index in [-0.39, 0.29) is 42.3 Å². The maximum atomic E-state index is 11.7. The second-order valence-corrected chi connectivity index (χ2v) is 5.19. The smallest absolute Gasteiger partial charge is 0.534 e. The third-order valence-electron chi connectivity index (χ3n) is 3.40. The molecule has 3 N–H and O–H groups in total. The molecule has 0 saturated heterocycles. The van der Waals surface area contributed by atoms with Gasteiger partial charge in [-0.2, -0.15) is 0 Å². The number of carbonyl (C=O) groups excluding carboxylic acids is 2. The lowest BCUT2D eigenvalue weighted by Crippen LogP contribution is -2.53. The fourth-order valence-corrected chi connectivity index (χ4v) is 2.28. The van der Waals surface area contributed by atoms with E-state index >= 15 is 0 Å². The quantitative estimate of drug-likeness (QED) is 0.669. The van der Waals surface area contributed by atoms with Gasteiger partial charge in [0, 0.05) is 12.8 Å². The van der Waals surface area contributed by atoms with Crippen LogP contribution < -0.4 is 9.97 Å². The van der Waals surface area contributed by atoms with Gasteiger partial charge in [0.15, 0.2) is 0 Å². The van der Waals surface area contributed by atoms with Crippen molar-refractivity contribution in [1.29, 1.82) is 0 Å². The van der Waals surface area contributed by atoms with Crippen LogP contribution in [0.15, 0.2) is 18.2 Å². The number of amides is 1.